The third-order valence-corrected chi connectivity index (χ3v) is 5.48. The van der Waals surface area contributed by atoms with Gasteiger partial charge in [-0.05, 0) is 49.3 Å². The number of anilines is 1. The maximum absolute atomic E-state index is 12.4. The molecule has 0 spiro atoms. The molecule has 0 aromatic heterocycles. The van der Waals surface area contributed by atoms with Crippen LogP contribution in [0.5, 0.6) is 0 Å². The minimum atomic E-state index is -0.801. The van der Waals surface area contributed by atoms with E-state index in [-0.39, 0.29) is 18.5 Å². The van der Waals surface area contributed by atoms with Crippen molar-refractivity contribution in [1.82, 2.24) is 4.90 Å². The van der Waals surface area contributed by atoms with Gasteiger partial charge in [0.1, 0.15) is 6.04 Å². The molecule has 1 aromatic rings. The monoisotopic (exact) mass is 330 g/mol. The number of carboxylic acid groups (broad SMARTS) is 1. The number of hydrogen-bond acceptors (Lipinski definition) is 3. The fourth-order valence-electron chi connectivity index (χ4n) is 4.21. The van der Waals surface area contributed by atoms with Gasteiger partial charge in [0, 0.05) is 11.7 Å². The van der Waals surface area contributed by atoms with Crippen LogP contribution in [-0.4, -0.2) is 40.5 Å². The molecular formula is C19H26N2O3. The molecule has 1 saturated heterocycles. The van der Waals surface area contributed by atoms with Gasteiger partial charge in [0.15, 0.2) is 0 Å². The minimum absolute atomic E-state index is 0.128. The zero-order valence-corrected chi connectivity index (χ0v) is 14.2. The lowest BCUT2D eigenvalue weighted by Crippen LogP contribution is -2.46. The van der Waals surface area contributed by atoms with E-state index in [0.29, 0.717) is 12.3 Å². The highest BCUT2D eigenvalue weighted by atomic mass is 16.4. The first kappa shape index (κ1) is 17.0. The average Bonchev–Trinajstić information content (AvgIpc) is 2.94. The fraction of sp³-hybridized carbons (Fsp3) is 0.579. The molecule has 2 N–H and O–H groups in total. The highest BCUT2D eigenvalue weighted by Crippen LogP contribution is 2.39. The Labute approximate surface area is 143 Å². The van der Waals surface area contributed by atoms with E-state index in [1.807, 2.05) is 29.2 Å². The molecule has 2 aliphatic rings. The molecule has 0 radical (unpaired) electrons. The highest BCUT2D eigenvalue weighted by molar-refractivity contribution is 5.92. The summed E-state index contributed by atoms with van der Waals surface area (Å²) >= 11 is 0. The van der Waals surface area contributed by atoms with Crippen LogP contribution < -0.4 is 5.32 Å². The molecule has 3 unspecified atom stereocenters. The van der Waals surface area contributed by atoms with Gasteiger partial charge < -0.3 is 10.4 Å². The average molecular weight is 330 g/mol. The number of aryl methyl sites for hydroxylation is 1. The second-order valence-electron chi connectivity index (χ2n) is 6.97. The molecular weight excluding hydrogens is 304 g/mol. The number of nitrogens with zero attached hydrogens (tertiary/aromatic N) is 1. The standard InChI is InChI=1S/C19H26N2O3/c1-2-13-7-9-15(10-8-13)20-18(22)12-21-16-6-4-3-5-14(16)11-17(21)19(23)24/h7-10,14,16-17H,2-6,11-12H2,1H3,(H,20,22)(H,23,24). The van der Waals surface area contributed by atoms with Crippen molar-refractivity contribution in [3.05, 3.63) is 29.8 Å². The SMILES string of the molecule is CCc1ccc(NC(=O)CN2C(C(=O)O)CC3CCCCC32)cc1. The molecule has 5 heteroatoms. The number of carbonyl (C=O) groups is 2. The van der Waals surface area contributed by atoms with Gasteiger partial charge >= 0.3 is 5.97 Å². The maximum Gasteiger partial charge on any atom is 0.320 e. The van der Waals surface area contributed by atoms with E-state index in [2.05, 4.69) is 12.2 Å². The Balaban J connectivity index is 1.65. The Kier molecular flexibility index (Phi) is 5.19. The predicted molar refractivity (Wildman–Crippen MR) is 92.9 cm³/mol. The highest BCUT2D eigenvalue weighted by Gasteiger charge is 2.45. The van der Waals surface area contributed by atoms with Crippen LogP contribution in [-0.2, 0) is 16.0 Å². The summed E-state index contributed by atoms with van der Waals surface area (Å²) in [5, 5.41) is 12.4. The summed E-state index contributed by atoms with van der Waals surface area (Å²) < 4.78 is 0. The second-order valence-corrected chi connectivity index (χ2v) is 6.97. The lowest BCUT2D eigenvalue weighted by Gasteiger charge is -2.32. The van der Waals surface area contributed by atoms with Gasteiger partial charge in [-0.2, -0.15) is 0 Å². The van der Waals surface area contributed by atoms with Crippen molar-refractivity contribution in [2.45, 2.75) is 57.5 Å². The normalized spacial score (nSPS) is 26.8. The summed E-state index contributed by atoms with van der Waals surface area (Å²) in [6.45, 7) is 2.25. The smallest absolute Gasteiger partial charge is 0.320 e. The third-order valence-electron chi connectivity index (χ3n) is 5.48. The Morgan fingerprint density at radius 2 is 1.92 bits per heavy atom. The Bertz CT molecular complexity index is 599. The lowest BCUT2D eigenvalue weighted by molar-refractivity contribution is -0.143. The lowest BCUT2D eigenvalue weighted by atomic mass is 9.85. The molecule has 1 saturated carbocycles. The zero-order valence-electron chi connectivity index (χ0n) is 14.2. The number of likely N-dealkylation sites (tertiary alicyclic amines) is 1. The molecule has 1 amide bonds. The number of aliphatic carboxylic acids is 1. The topological polar surface area (TPSA) is 69.6 Å². The van der Waals surface area contributed by atoms with E-state index in [0.717, 1.165) is 31.4 Å². The van der Waals surface area contributed by atoms with E-state index in [1.165, 1.54) is 12.0 Å². The van der Waals surface area contributed by atoms with E-state index in [4.69, 9.17) is 0 Å². The van der Waals surface area contributed by atoms with Crippen molar-refractivity contribution >= 4 is 17.6 Å². The summed E-state index contributed by atoms with van der Waals surface area (Å²) in [5.41, 5.74) is 1.99. The molecule has 1 aliphatic carbocycles. The number of benzene rings is 1. The molecule has 5 nitrogen and oxygen atoms in total. The number of carboxylic acids is 1. The number of amides is 1. The van der Waals surface area contributed by atoms with Crippen LogP contribution in [0.25, 0.3) is 0 Å². The first-order valence-corrected chi connectivity index (χ1v) is 8.96. The van der Waals surface area contributed by atoms with Crippen molar-refractivity contribution < 1.29 is 14.7 Å². The molecule has 3 atom stereocenters. The number of nitrogens with one attached hydrogen (secondary N) is 1. The fourth-order valence-corrected chi connectivity index (χ4v) is 4.21. The van der Waals surface area contributed by atoms with Gasteiger partial charge in [0.25, 0.3) is 0 Å². The number of fused-ring (bicyclic) bond motifs is 1. The molecule has 1 aliphatic heterocycles. The zero-order chi connectivity index (χ0) is 17.1. The summed E-state index contributed by atoms with van der Waals surface area (Å²) in [6.07, 6.45) is 6.04. The van der Waals surface area contributed by atoms with Gasteiger partial charge in [0.05, 0.1) is 6.54 Å². The summed E-state index contributed by atoms with van der Waals surface area (Å²) in [4.78, 5) is 25.9. The van der Waals surface area contributed by atoms with E-state index >= 15 is 0 Å². The van der Waals surface area contributed by atoms with Gasteiger partial charge in [0.2, 0.25) is 5.91 Å². The molecule has 3 rings (SSSR count). The van der Waals surface area contributed by atoms with E-state index in [1.54, 1.807) is 0 Å². The van der Waals surface area contributed by atoms with E-state index < -0.39 is 12.0 Å². The maximum atomic E-state index is 12.4. The van der Waals surface area contributed by atoms with Crippen LogP contribution in [0.3, 0.4) is 0 Å². The number of rotatable bonds is 5. The van der Waals surface area contributed by atoms with Crippen LogP contribution in [0, 0.1) is 5.92 Å². The summed E-state index contributed by atoms with van der Waals surface area (Å²) in [5.74, 6) is -0.502. The van der Waals surface area contributed by atoms with Crippen LogP contribution >= 0.6 is 0 Å². The van der Waals surface area contributed by atoms with Gasteiger partial charge in [-0.15, -0.1) is 0 Å². The Hall–Kier alpha value is -1.88. The molecule has 1 heterocycles. The molecule has 0 bridgehead atoms. The van der Waals surface area contributed by atoms with Crippen molar-refractivity contribution in [3.8, 4) is 0 Å². The third kappa shape index (κ3) is 3.61. The van der Waals surface area contributed by atoms with Crippen molar-refractivity contribution in [2.75, 3.05) is 11.9 Å². The van der Waals surface area contributed by atoms with Gasteiger partial charge in [-0.25, -0.2) is 0 Å². The Morgan fingerprint density at radius 1 is 1.21 bits per heavy atom. The minimum Gasteiger partial charge on any atom is -0.480 e. The van der Waals surface area contributed by atoms with Crippen molar-refractivity contribution in [1.29, 1.82) is 0 Å². The first-order chi connectivity index (χ1) is 11.6. The largest absolute Gasteiger partial charge is 0.480 e. The molecule has 1 aromatic carbocycles. The molecule has 24 heavy (non-hydrogen) atoms. The van der Waals surface area contributed by atoms with Crippen LogP contribution in [0.4, 0.5) is 5.69 Å². The van der Waals surface area contributed by atoms with Crippen LogP contribution in [0.2, 0.25) is 0 Å². The van der Waals surface area contributed by atoms with E-state index in [9.17, 15) is 14.7 Å². The molecule has 2 fully saturated rings. The Morgan fingerprint density at radius 3 is 2.58 bits per heavy atom. The number of hydrogen-bond donors (Lipinski definition) is 2. The summed E-state index contributed by atoms with van der Waals surface area (Å²) in [7, 11) is 0. The van der Waals surface area contributed by atoms with Gasteiger partial charge in [-0.3, -0.25) is 14.5 Å². The molecule has 130 valence electrons. The second kappa shape index (κ2) is 7.34. The van der Waals surface area contributed by atoms with Gasteiger partial charge in [-0.1, -0.05) is 31.9 Å². The number of carbonyl (C=O) groups excluding carboxylic acids is 1. The van der Waals surface area contributed by atoms with Crippen molar-refractivity contribution in [3.63, 3.8) is 0 Å². The summed E-state index contributed by atoms with van der Waals surface area (Å²) in [6, 6.07) is 7.53. The van der Waals surface area contributed by atoms with Crippen LogP contribution in [0.15, 0.2) is 24.3 Å². The van der Waals surface area contributed by atoms with Crippen LogP contribution in [0.1, 0.15) is 44.6 Å². The first-order valence-electron chi connectivity index (χ1n) is 8.96. The predicted octanol–water partition coefficient (Wildman–Crippen LogP) is 2.91. The van der Waals surface area contributed by atoms with Crippen molar-refractivity contribution in [2.24, 2.45) is 5.92 Å². The quantitative estimate of drug-likeness (QED) is 0.871.